The lowest BCUT2D eigenvalue weighted by Gasteiger charge is -2.33. The zero-order valence-electron chi connectivity index (χ0n) is 15.4. The first-order valence-electron chi connectivity index (χ1n) is 9.23. The van der Waals surface area contributed by atoms with Gasteiger partial charge in [0.1, 0.15) is 17.4 Å². The van der Waals surface area contributed by atoms with Gasteiger partial charge in [0.15, 0.2) is 11.8 Å². The predicted octanol–water partition coefficient (Wildman–Crippen LogP) is 3.80. The Kier molecular flexibility index (Phi) is 5.30. The summed E-state index contributed by atoms with van der Waals surface area (Å²) in [5.74, 6) is 1.24. The zero-order chi connectivity index (χ0) is 19.7. The highest BCUT2D eigenvalue weighted by atomic mass is 79.9. The van der Waals surface area contributed by atoms with Crippen molar-refractivity contribution in [1.29, 1.82) is 0 Å². The highest BCUT2D eigenvalue weighted by molar-refractivity contribution is 9.10. The molecular weight excluding hydrogens is 427 g/mol. The Morgan fingerprint density at radius 2 is 2.04 bits per heavy atom. The number of piperidine rings is 1. The molecule has 1 unspecified atom stereocenters. The summed E-state index contributed by atoms with van der Waals surface area (Å²) in [6, 6.07) is 9.99. The van der Waals surface area contributed by atoms with Crippen LogP contribution in [0.25, 0.3) is 5.65 Å². The highest BCUT2D eigenvalue weighted by Crippen LogP contribution is 2.29. The zero-order valence-corrected chi connectivity index (χ0v) is 17.0. The minimum atomic E-state index is -0.646. The summed E-state index contributed by atoms with van der Waals surface area (Å²) in [7, 11) is 0. The summed E-state index contributed by atoms with van der Waals surface area (Å²) in [6.07, 6.45) is 2.98. The van der Waals surface area contributed by atoms with E-state index in [9.17, 15) is 9.18 Å². The van der Waals surface area contributed by atoms with E-state index in [1.165, 1.54) is 18.2 Å². The number of rotatable bonds is 4. The third-order valence-corrected chi connectivity index (χ3v) is 5.68. The third-order valence-electron chi connectivity index (χ3n) is 5.06. The van der Waals surface area contributed by atoms with E-state index in [0.29, 0.717) is 23.3 Å². The van der Waals surface area contributed by atoms with Crippen LogP contribution in [0.5, 0.6) is 5.75 Å². The molecule has 1 aliphatic heterocycles. The van der Waals surface area contributed by atoms with Crippen LogP contribution < -0.4 is 4.74 Å². The van der Waals surface area contributed by atoms with Crippen molar-refractivity contribution in [3.05, 3.63) is 58.7 Å². The van der Waals surface area contributed by atoms with Gasteiger partial charge in [-0.2, -0.15) is 0 Å². The molecule has 0 bridgehead atoms. The van der Waals surface area contributed by atoms with Gasteiger partial charge in [-0.15, -0.1) is 10.2 Å². The van der Waals surface area contributed by atoms with Gasteiger partial charge in [0, 0.05) is 25.2 Å². The van der Waals surface area contributed by atoms with E-state index in [1.807, 2.05) is 33.7 Å². The molecule has 0 saturated carbocycles. The van der Waals surface area contributed by atoms with E-state index in [2.05, 4.69) is 26.1 Å². The first kappa shape index (κ1) is 18.9. The van der Waals surface area contributed by atoms with E-state index >= 15 is 0 Å². The van der Waals surface area contributed by atoms with Gasteiger partial charge >= 0.3 is 0 Å². The van der Waals surface area contributed by atoms with Crippen molar-refractivity contribution in [3.8, 4) is 5.75 Å². The second-order valence-electron chi connectivity index (χ2n) is 6.92. The van der Waals surface area contributed by atoms with Gasteiger partial charge in [-0.1, -0.05) is 6.07 Å². The first-order chi connectivity index (χ1) is 13.5. The Morgan fingerprint density at radius 3 is 2.79 bits per heavy atom. The smallest absolute Gasteiger partial charge is 0.263 e. The van der Waals surface area contributed by atoms with Crippen LogP contribution in [0.2, 0.25) is 0 Å². The van der Waals surface area contributed by atoms with Crippen LogP contribution in [0.1, 0.15) is 31.5 Å². The molecule has 6 nitrogen and oxygen atoms in total. The Hall–Kier alpha value is -2.48. The van der Waals surface area contributed by atoms with Crippen LogP contribution in [0.4, 0.5) is 4.39 Å². The Labute approximate surface area is 170 Å². The van der Waals surface area contributed by atoms with Gasteiger partial charge < -0.3 is 9.64 Å². The fourth-order valence-corrected chi connectivity index (χ4v) is 4.01. The maximum absolute atomic E-state index is 13.2. The lowest BCUT2D eigenvalue weighted by molar-refractivity contribution is -0.139. The fourth-order valence-electron chi connectivity index (χ4n) is 3.57. The minimum Gasteiger partial charge on any atom is -0.480 e. The van der Waals surface area contributed by atoms with Crippen LogP contribution >= 0.6 is 15.9 Å². The number of ether oxygens (including phenoxy) is 1. The lowest BCUT2D eigenvalue weighted by atomic mass is 9.95. The van der Waals surface area contributed by atoms with Crippen molar-refractivity contribution in [1.82, 2.24) is 19.5 Å². The van der Waals surface area contributed by atoms with Crippen LogP contribution in [0.15, 0.2) is 47.1 Å². The fraction of sp³-hybridized carbons (Fsp3) is 0.350. The van der Waals surface area contributed by atoms with Gasteiger partial charge in [0.2, 0.25) is 0 Å². The van der Waals surface area contributed by atoms with Crippen LogP contribution in [0, 0.1) is 5.82 Å². The summed E-state index contributed by atoms with van der Waals surface area (Å²) in [5, 5.41) is 8.56. The van der Waals surface area contributed by atoms with E-state index in [4.69, 9.17) is 4.74 Å². The number of likely N-dealkylation sites (tertiary alicyclic amines) is 1. The number of pyridine rings is 1. The van der Waals surface area contributed by atoms with Crippen molar-refractivity contribution >= 4 is 27.5 Å². The molecular formula is C20H20BrFN4O2. The van der Waals surface area contributed by atoms with Gasteiger partial charge in [-0.05, 0) is 66.0 Å². The normalized spacial score (nSPS) is 16.3. The second-order valence-corrected chi connectivity index (χ2v) is 7.78. The molecule has 1 saturated heterocycles. The highest BCUT2D eigenvalue weighted by Gasteiger charge is 2.29. The van der Waals surface area contributed by atoms with Crippen LogP contribution in [-0.4, -0.2) is 44.6 Å². The molecule has 1 aliphatic rings. The maximum atomic E-state index is 13.2. The van der Waals surface area contributed by atoms with Crippen molar-refractivity contribution in [2.75, 3.05) is 13.1 Å². The second kappa shape index (κ2) is 7.87. The molecule has 28 heavy (non-hydrogen) atoms. The standard InChI is InChI=1S/C20H20BrFN4O2/c1-13(28-17-6-5-15(22)12-16(17)21)20(27)25-10-7-14(8-11-25)19-24-23-18-4-2-3-9-26(18)19/h2-6,9,12-14H,7-8,10-11H2,1H3. The average molecular weight is 447 g/mol. The van der Waals surface area contributed by atoms with Crippen molar-refractivity contribution in [2.24, 2.45) is 0 Å². The number of nitrogens with zero attached hydrogens (tertiary/aromatic N) is 4. The first-order valence-corrected chi connectivity index (χ1v) is 10.0. The molecule has 8 heteroatoms. The molecule has 0 radical (unpaired) electrons. The predicted molar refractivity (Wildman–Crippen MR) is 106 cm³/mol. The molecule has 4 rings (SSSR count). The molecule has 146 valence electrons. The average Bonchev–Trinajstić information content (AvgIpc) is 3.14. The number of hydrogen-bond donors (Lipinski definition) is 0. The van der Waals surface area contributed by atoms with Gasteiger partial charge in [0.05, 0.1) is 4.47 Å². The van der Waals surface area contributed by atoms with E-state index < -0.39 is 6.10 Å². The molecule has 1 amide bonds. The molecule has 0 aliphatic carbocycles. The minimum absolute atomic E-state index is 0.0687. The number of hydrogen-bond acceptors (Lipinski definition) is 4. The SMILES string of the molecule is CC(Oc1ccc(F)cc1Br)C(=O)N1CCC(c2nnc3ccccn23)CC1. The monoisotopic (exact) mass is 446 g/mol. The molecule has 3 aromatic rings. The summed E-state index contributed by atoms with van der Waals surface area (Å²) in [4.78, 5) is 14.6. The number of carbonyl (C=O) groups is 1. The topological polar surface area (TPSA) is 59.7 Å². The number of carbonyl (C=O) groups excluding carboxylic acids is 1. The molecule has 2 aromatic heterocycles. The van der Waals surface area contributed by atoms with Crippen molar-refractivity contribution in [3.63, 3.8) is 0 Å². The molecule has 1 aromatic carbocycles. The summed E-state index contributed by atoms with van der Waals surface area (Å²) in [6.45, 7) is 3.00. The quantitative estimate of drug-likeness (QED) is 0.611. The summed E-state index contributed by atoms with van der Waals surface area (Å²) in [5.41, 5.74) is 0.836. The van der Waals surface area contributed by atoms with E-state index in [0.717, 1.165) is 24.3 Å². The van der Waals surface area contributed by atoms with Crippen LogP contribution in [-0.2, 0) is 4.79 Å². The molecule has 1 fully saturated rings. The number of fused-ring (bicyclic) bond motifs is 1. The van der Waals surface area contributed by atoms with Crippen LogP contribution in [0.3, 0.4) is 0 Å². The Balaban J connectivity index is 1.38. The van der Waals surface area contributed by atoms with E-state index in [1.54, 1.807) is 6.92 Å². The Morgan fingerprint density at radius 1 is 1.25 bits per heavy atom. The molecule has 0 N–H and O–H groups in total. The van der Waals surface area contributed by atoms with Gasteiger partial charge in [-0.3, -0.25) is 9.20 Å². The summed E-state index contributed by atoms with van der Waals surface area (Å²) < 4.78 is 21.5. The lowest BCUT2D eigenvalue weighted by Crippen LogP contribution is -2.44. The third kappa shape index (κ3) is 3.73. The molecule has 1 atom stereocenters. The van der Waals surface area contributed by atoms with Crippen molar-refractivity contribution < 1.29 is 13.9 Å². The Bertz CT molecular complexity index is 1000. The van der Waals surface area contributed by atoms with Crippen molar-refractivity contribution in [2.45, 2.75) is 31.8 Å². The van der Waals surface area contributed by atoms with E-state index in [-0.39, 0.29) is 17.6 Å². The van der Waals surface area contributed by atoms with Gasteiger partial charge in [0.25, 0.3) is 5.91 Å². The largest absolute Gasteiger partial charge is 0.480 e. The number of aromatic nitrogens is 3. The number of amides is 1. The molecule has 0 spiro atoms. The number of halogens is 2. The summed E-state index contributed by atoms with van der Waals surface area (Å²) >= 11 is 3.27. The number of benzene rings is 1. The maximum Gasteiger partial charge on any atom is 0.263 e. The molecule has 3 heterocycles. The van der Waals surface area contributed by atoms with Gasteiger partial charge in [-0.25, -0.2) is 4.39 Å².